The lowest BCUT2D eigenvalue weighted by Gasteiger charge is -2.31. The molecule has 2 rings (SSSR count). The second kappa shape index (κ2) is 4.66. The maximum absolute atomic E-state index is 12.0. The zero-order valence-corrected chi connectivity index (χ0v) is 10.6. The van der Waals surface area contributed by atoms with Crippen LogP contribution in [0.1, 0.15) is 26.2 Å². The Labute approximate surface area is 102 Å². The second-order valence-electron chi connectivity index (χ2n) is 4.57. The standard InChI is InChI=1S/C12H17NO3S/c1-9(10-5-4-6-10)13-17(15,16)12-8-3-2-7-11(12)14/h2-3,7-10,13-14H,4-6H2,1H3. The molecule has 0 spiro atoms. The van der Waals surface area contributed by atoms with Crippen molar-refractivity contribution in [2.75, 3.05) is 0 Å². The quantitative estimate of drug-likeness (QED) is 0.863. The second-order valence-corrected chi connectivity index (χ2v) is 6.25. The lowest BCUT2D eigenvalue weighted by molar-refractivity contribution is 0.260. The predicted molar refractivity (Wildman–Crippen MR) is 65.2 cm³/mol. The van der Waals surface area contributed by atoms with Gasteiger partial charge in [-0.1, -0.05) is 18.6 Å². The first-order valence-corrected chi connectivity index (χ1v) is 7.29. The van der Waals surface area contributed by atoms with E-state index in [0.717, 1.165) is 12.8 Å². The zero-order chi connectivity index (χ0) is 12.5. The summed E-state index contributed by atoms with van der Waals surface area (Å²) in [5, 5.41) is 9.55. The molecule has 94 valence electrons. The summed E-state index contributed by atoms with van der Waals surface area (Å²) in [7, 11) is -3.61. The molecule has 1 fully saturated rings. The Hall–Kier alpha value is -1.07. The lowest BCUT2D eigenvalue weighted by atomic mass is 9.81. The van der Waals surface area contributed by atoms with Crippen LogP contribution in [0, 0.1) is 5.92 Å². The van der Waals surface area contributed by atoms with Crippen molar-refractivity contribution in [2.45, 2.75) is 37.1 Å². The fourth-order valence-electron chi connectivity index (χ4n) is 2.03. The molecule has 0 aliphatic heterocycles. The number of nitrogens with one attached hydrogen (secondary N) is 1. The molecular formula is C12H17NO3S. The number of phenols is 1. The van der Waals surface area contributed by atoms with Crippen LogP contribution in [0.4, 0.5) is 0 Å². The first kappa shape index (κ1) is 12.4. The molecule has 4 nitrogen and oxygen atoms in total. The number of rotatable bonds is 4. The van der Waals surface area contributed by atoms with Crippen LogP contribution >= 0.6 is 0 Å². The fourth-order valence-corrected chi connectivity index (χ4v) is 3.44. The highest BCUT2D eigenvalue weighted by molar-refractivity contribution is 7.89. The molecule has 1 aliphatic rings. The van der Waals surface area contributed by atoms with E-state index in [9.17, 15) is 13.5 Å². The van der Waals surface area contributed by atoms with Crippen molar-refractivity contribution in [3.05, 3.63) is 24.3 Å². The van der Waals surface area contributed by atoms with Gasteiger partial charge < -0.3 is 5.11 Å². The van der Waals surface area contributed by atoms with Gasteiger partial charge in [-0.15, -0.1) is 0 Å². The summed E-state index contributed by atoms with van der Waals surface area (Å²) in [5.41, 5.74) is 0. The largest absolute Gasteiger partial charge is 0.507 e. The van der Waals surface area contributed by atoms with Crippen LogP contribution in [0.3, 0.4) is 0 Å². The van der Waals surface area contributed by atoms with E-state index >= 15 is 0 Å². The summed E-state index contributed by atoms with van der Waals surface area (Å²) >= 11 is 0. The minimum Gasteiger partial charge on any atom is -0.507 e. The van der Waals surface area contributed by atoms with Crippen LogP contribution < -0.4 is 4.72 Å². The highest BCUT2D eigenvalue weighted by atomic mass is 32.2. The highest BCUT2D eigenvalue weighted by Crippen LogP contribution is 2.30. The summed E-state index contributed by atoms with van der Waals surface area (Å²) in [4.78, 5) is -0.0498. The van der Waals surface area contributed by atoms with Crippen LogP contribution in [0.5, 0.6) is 5.75 Å². The van der Waals surface area contributed by atoms with E-state index in [1.165, 1.54) is 18.6 Å². The molecule has 1 aliphatic carbocycles. The number of sulfonamides is 1. The smallest absolute Gasteiger partial charge is 0.244 e. The third kappa shape index (κ3) is 2.61. The van der Waals surface area contributed by atoms with Crippen molar-refractivity contribution in [2.24, 2.45) is 5.92 Å². The Morgan fingerprint density at radius 3 is 2.53 bits per heavy atom. The first-order valence-electron chi connectivity index (χ1n) is 5.81. The van der Waals surface area contributed by atoms with Gasteiger partial charge >= 0.3 is 0 Å². The summed E-state index contributed by atoms with van der Waals surface area (Å²) in [6.45, 7) is 1.88. The normalized spacial score (nSPS) is 18.6. The Morgan fingerprint density at radius 1 is 1.35 bits per heavy atom. The lowest BCUT2D eigenvalue weighted by Crippen LogP contribution is -2.40. The fraction of sp³-hybridized carbons (Fsp3) is 0.500. The summed E-state index contributed by atoms with van der Waals surface area (Å²) in [5.74, 6) is 0.219. The highest BCUT2D eigenvalue weighted by Gasteiger charge is 2.28. The maximum atomic E-state index is 12.0. The molecule has 2 N–H and O–H groups in total. The summed E-state index contributed by atoms with van der Waals surface area (Å²) < 4.78 is 26.7. The van der Waals surface area contributed by atoms with E-state index in [1.807, 2.05) is 6.92 Å². The predicted octanol–water partition coefficient (Wildman–Crippen LogP) is 1.86. The molecule has 0 bridgehead atoms. The molecule has 0 heterocycles. The maximum Gasteiger partial charge on any atom is 0.244 e. The Balaban J connectivity index is 2.16. The van der Waals surface area contributed by atoms with Crippen molar-refractivity contribution in [1.82, 2.24) is 4.72 Å². The number of para-hydroxylation sites is 1. The molecule has 1 aromatic carbocycles. The molecule has 1 saturated carbocycles. The number of aromatic hydroxyl groups is 1. The third-order valence-corrected chi connectivity index (χ3v) is 4.96. The minimum absolute atomic E-state index is 0.0498. The minimum atomic E-state index is -3.61. The van der Waals surface area contributed by atoms with E-state index in [0.29, 0.717) is 5.92 Å². The molecule has 1 atom stereocenters. The van der Waals surface area contributed by atoms with Crippen molar-refractivity contribution in [3.63, 3.8) is 0 Å². The molecular weight excluding hydrogens is 238 g/mol. The van der Waals surface area contributed by atoms with Crippen LogP contribution in [-0.4, -0.2) is 19.6 Å². The van der Waals surface area contributed by atoms with Gasteiger partial charge in [0.05, 0.1) is 0 Å². The number of phenolic OH excluding ortho intramolecular Hbond substituents is 1. The van der Waals surface area contributed by atoms with Gasteiger partial charge in [0.15, 0.2) is 0 Å². The van der Waals surface area contributed by atoms with Gasteiger partial charge in [0.25, 0.3) is 0 Å². The van der Waals surface area contributed by atoms with Crippen molar-refractivity contribution in [1.29, 1.82) is 0 Å². The van der Waals surface area contributed by atoms with Gasteiger partial charge in [-0.3, -0.25) is 0 Å². The van der Waals surface area contributed by atoms with Gasteiger partial charge in [0, 0.05) is 6.04 Å². The third-order valence-electron chi connectivity index (χ3n) is 3.35. The van der Waals surface area contributed by atoms with E-state index in [1.54, 1.807) is 12.1 Å². The zero-order valence-electron chi connectivity index (χ0n) is 9.76. The molecule has 1 aromatic rings. The Bertz CT molecular complexity index is 494. The van der Waals surface area contributed by atoms with Gasteiger partial charge in [-0.25, -0.2) is 13.1 Å². The van der Waals surface area contributed by atoms with Gasteiger partial charge in [0.1, 0.15) is 10.6 Å². The molecule has 5 heteroatoms. The topological polar surface area (TPSA) is 66.4 Å². The molecule has 0 saturated heterocycles. The van der Waals surface area contributed by atoms with Gasteiger partial charge in [0.2, 0.25) is 10.0 Å². The summed E-state index contributed by atoms with van der Waals surface area (Å²) in [6.07, 6.45) is 3.32. The SMILES string of the molecule is CC(NS(=O)(=O)c1ccccc1O)C1CCC1. The Morgan fingerprint density at radius 2 is 2.00 bits per heavy atom. The van der Waals surface area contributed by atoms with E-state index in [-0.39, 0.29) is 16.7 Å². The van der Waals surface area contributed by atoms with Crippen LogP contribution in [0.25, 0.3) is 0 Å². The van der Waals surface area contributed by atoms with Crippen molar-refractivity contribution in [3.8, 4) is 5.75 Å². The van der Waals surface area contributed by atoms with Crippen LogP contribution in [0.15, 0.2) is 29.2 Å². The number of hydrogen-bond acceptors (Lipinski definition) is 3. The number of hydrogen-bond donors (Lipinski definition) is 2. The summed E-state index contributed by atoms with van der Waals surface area (Å²) in [6, 6.07) is 5.91. The van der Waals surface area contributed by atoms with Crippen molar-refractivity contribution >= 4 is 10.0 Å². The monoisotopic (exact) mass is 255 g/mol. The van der Waals surface area contributed by atoms with E-state index in [2.05, 4.69) is 4.72 Å². The van der Waals surface area contributed by atoms with E-state index in [4.69, 9.17) is 0 Å². The molecule has 1 unspecified atom stereocenters. The molecule has 17 heavy (non-hydrogen) atoms. The van der Waals surface area contributed by atoms with E-state index < -0.39 is 10.0 Å². The molecule has 0 radical (unpaired) electrons. The van der Waals surface area contributed by atoms with Gasteiger partial charge in [-0.2, -0.15) is 0 Å². The average molecular weight is 255 g/mol. The molecule has 0 aromatic heterocycles. The van der Waals surface area contributed by atoms with Crippen LogP contribution in [-0.2, 0) is 10.0 Å². The number of benzene rings is 1. The Kier molecular flexibility index (Phi) is 3.40. The molecule has 0 amide bonds. The first-order chi connectivity index (χ1) is 8.00. The average Bonchev–Trinajstić information content (AvgIpc) is 2.13. The van der Waals surface area contributed by atoms with Crippen LogP contribution in [0.2, 0.25) is 0 Å². The van der Waals surface area contributed by atoms with Gasteiger partial charge in [-0.05, 0) is 37.8 Å². The van der Waals surface area contributed by atoms with Crippen molar-refractivity contribution < 1.29 is 13.5 Å².